The third-order valence-corrected chi connectivity index (χ3v) is 3.06. The van der Waals surface area contributed by atoms with Crippen LogP contribution in [0.4, 0.5) is 0 Å². The van der Waals surface area contributed by atoms with Gasteiger partial charge in [0.05, 0.1) is 0 Å². The van der Waals surface area contributed by atoms with E-state index in [4.69, 9.17) is 0 Å². The van der Waals surface area contributed by atoms with Crippen LogP contribution in [0.25, 0.3) is 0 Å². The summed E-state index contributed by atoms with van der Waals surface area (Å²) in [6.07, 6.45) is 5.57. The summed E-state index contributed by atoms with van der Waals surface area (Å²) in [5.74, 6) is 1.04. The van der Waals surface area contributed by atoms with Crippen molar-refractivity contribution in [3.63, 3.8) is 0 Å². The van der Waals surface area contributed by atoms with Gasteiger partial charge >= 0.3 is 0 Å². The summed E-state index contributed by atoms with van der Waals surface area (Å²) in [4.78, 5) is 0. The topological polar surface area (TPSA) is 0 Å². The Balaban J connectivity index is 1.94. The van der Waals surface area contributed by atoms with Crippen LogP contribution in [-0.4, -0.2) is 0 Å². The molecule has 0 radical (unpaired) electrons. The zero-order valence-corrected chi connectivity index (χ0v) is 9.29. The van der Waals surface area contributed by atoms with Gasteiger partial charge in [0.1, 0.15) is 0 Å². The molecule has 0 spiro atoms. The van der Waals surface area contributed by atoms with Crippen molar-refractivity contribution in [2.24, 2.45) is 11.3 Å². The Morgan fingerprint density at radius 3 is 2.36 bits per heavy atom. The highest BCUT2D eigenvalue weighted by molar-refractivity contribution is 5.16. The van der Waals surface area contributed by atoms with Gasteiger partial charge in [-0.15, -0.1) is 0 Å². The number of hydrogen-bond acceptors (Lipinski definition) is 0. The fraction of sp³-hybridized carbons (Fsp3) is 0.571. The van der Waals surface area contributed by atoms with Gasteiger partial charge in [-0.25, -0.2) is 0 Å². The van der Waals surface area contributed by atoms with E-state index in [0.717, 1.165) is 5.92 Å². The van der Waals surface area contributed by atoms with E-state index < -0.39 is 0 Å². The quantitative estimate of drug-likeness (QED) is 0.668. The predicted octanol–water partition coefficient (Wildman–Crippen LogP) is 4.06. The Bertz CT molecular complexity index is 280. The van der Waals surface area contributed by atoms with Gasteiger partial charge in [-0.05, 0) is 29.7 Å². The number of hydrogen-bond donors (Lipinski definition) is 0. The van der Waals surface area contributed by atoms with Crippen LogP contribution < -0.4 is 0 Å². The van der Waals surface area contributed by atoms with Crippen LogP contribution in [0.2, 0.25) is 0 Å². The smallest absolute Gasteiger partial charge is 0.0227 e. The second-order valence-corrected chi connectivity index (χ2v) is 5.47. The standard InChI is InChI=1S/C14H20/c1-14(2,11-13-8-9-13)10-12-6-4-3-5-7-12/h3-7,13H,8-11H2,1-2H3. The molecule has 0 amide bonds. The van der Waals surface area contributed by atoms with E-state index in [-0.39, 0.29) is 0 Å². The molecule has 1 aliphatic carbocycles. The lowest BCUT2D eigenvalue weighted by atomic mass is 9.81. The Morgan fingerprint density at radius 1 is 1.14 bits per heavy atom. The molecule has 1 aromatic carbocycles. The largest absolute Gasteiger partial charge is 0.0622 e. The molecule has 0 heterocycles. The molecule has 0 bridgehead atoms. The van der Waals surface area contributed by atoms with Crippen LogP contribution in [0.3, 0.4) is 0 Å². The summed E-state index contributed by atoms with van der Waals surface area (Å²) < 4.78 is 0. The Hall–Kier alpha value is -0.780. The zero-order chi connectivity index (χ0) is 10.0. The van der Waals surface area contributed by atoms with E-state index in [1.807, 2.05) is 0 Å². The maximum atomic E-state index is 2.40. The van der Waals surface area contributed by atoms with Gasteiger partial charge in [0, 0.05) is 0 Å². The van der Waals surface area contributed by atoms with E-state index in [9.17, 15) is 0 Å². The molecule has 0 aromatic heterocycles. The summed E-state index contributed by atoms with van der Waals surface area (Å²) in [5.41, 5.74) is 1.97. The van der Waals surface area contributed by atoms with Gasteiger partial charge in [0.15, 0.2) is 0 Å². The van der Waals surface area contributed by atoms with Gasteiger partial charge in [-0.1, -0.05) is 57.0 Å². The fourth-order valence-corrected chi connectivity index (χ4v) is 2.32. The monoisotopic (exact) mass is 188 g/mol. The normalized spacial score (nSPS) is 17.0. The van der Waals surface area contributed by atoms with Crippen molar-refractivity contribution in [2.45, 2.75) is 39.5 Å². The molecule has 0 heteroatoms. The van der Waals surface area contributed by atoms with Crippen molar-refractivity contribution in [2.75, 3.05) is 0 Å². The van der Waals surface area contributed by atoms with Gasteiger partial charge < -0.3 is 0 Å². The molecule has 0 saturated heterocycles. The molecular weight excluding hydrogens is 168 g/mol. The average molecular weight is 188 g/mol. The lowest BCUT2D eigenvalue weighted by Crippen LogP contribution is -2.15. The van der Waals surface area contributed by atoms with Gasteiger partial charge in [0.25, 0.3) is 0 Å². The first-order valence-electron chi connectivity index (χ1n) is 5.70. The molecule has 2 rings (SSSR count). The molecule has 0 nitrogen and oxygen atoms in total. The van der Waals surface area contributed by atoms with Crippen molar-refractivity contribution >= 4 is 0 Å². The summed E-state index contributed by atoms with van der Waals surface area (Å²) in [6.45, 7) is 4.80. The predicted molar refractivity (Wildman–Crippen MR) is 61.3 cm³/mol. The minimum Gasteiger partial charge on any atom is -0.0622 e. The van der Waals surface area contributed by atoms with Crippen molar-refractivity contribution in [3.8, 4) is 0 Å². The van der Waals surface area contributed by atoms with Gasteiger partial charge in [0.2, 0.25) is 0 Å². The van der Waals surface area contributed by atoms with Crippen LogP contribution >= 0.6 is 0 Å². The number of benzene rings is 1. The maximum Gasteiger partial charge on any atom is -0.0227 e. The second kappa shape index (κ2) is 3.76. The molecule has 0 unspecified atom stereocenters. The van der Waals surface area contributed by atoms with Crippen LogP contribution in [0, 0.1) is 11.3 Å². The zero-order valence-electron chi connectivity index (χ0n) is 9.29. The van der Waals surface area contributed by atoms with Gasteiger partial charge in [-0.3, -0.25) is 0 Å². The second-order valence-electron chi connectivity index (χ2n) is 5.47. The molecule has 1 saturated carbocycles. The van der Waals surface area contributed by atoms with E-state index in [1.165, 1.54) is 31.2 Å². The lowest BCUT2D eigenvalue weighted by molar-refractivity contribution is 0.313. The molecule has 1 fully saturated rings. The summed E-state index contributed by atoms with van der Waals surface area (Å²) >= 11 is 0. The first-order chi connectivity index (χ1) is 6.66. The fourth-order valence-electron chi connectivity index (χ4n) is 2.32. The molecule has 0 aliphatic heterocycles. The maximum absolute atomic E-state index is 2.40. The van der Waals surface area contributed by atoms with E-state index in [0.29, 0.717) is 5.41 Å². The van der Waals surface area contributed by atoms with Crippen LogP contribution in [0.1, 0.15) is 38.7 Å². The Labute approximate surface area is 87.3 Å². The first kappa shape index (κ1) is 9.76. The first-order valence-corrected chi connectivity index (χ1v) is 5.70. The van der Waals surface area contributed by atoms with Crippen LogP contribution in [0.5, 0.6) is 0 Å². The number of rotatable bonds is 4. The Morgan fingerprint density at radius 2 is 1.79 bits per heavy atom. The minimum atomic E-state index is 0.489. The minimum absolute atomic E-state index is 0.489. The van der Waals surface area contributed by atoms with Crippen molar-refractivity contribution in [1.29, 1.82) is 0 Å². The third kappa shape index (κ3) is 2.87. The lowest BCUT2D eigenvalue weighted by Gasteiger charge is -2.24. The molecule has 1 aliphatic rings. The summed E-state index contributed by atoms with van der Waals surface area (Å²) in [5, 5.41) is 0. The molecule has 14 heavy (non-hydrogen) atoms. The average Bonchev–Trinajstić information content (AvgIpc) is 2.88. The highest BCUT2D eigenvalue weighted by atomic mass is 14.3. The van der Waals surface area contributed by atoms with E-state index in [2.05, 4.69) is 44.2 Å². The van der Waals surface area contributed by atoms with Crippen molar-refractivity contribution in [3.05, 3.63) is 35.9 Å². The SMILES string of the molecule is CC(C)(Cc1ccccc1)CC1CC1. The Kier molecular flexibility index (Phi) is 2.62. The van der Waals surface area contributed by atoms with Gasteiger partial charge in [-0.2, -0.15) is 0 Å². The molecular formula is C14H20. The molecule has 1 aromatic rings. The molecule has 0 atom stereocenters. The van der Waals surface area contributed by atoms with E-state index >= 15 is 0 Å². The van der Waals surface area contributed by atoms with Crippen LogP contribution in [-0.2, 0) is 6.42 Å². The van der Waals surface area contributed by atoms with Crippen molar-refractivity contribution in [1.82, 2.24) is 0 Å². The van der Waals surface area contributed by atoms with Crippen molar-refractivity contribution < 1.29 is 0 Å². The third-order valence-electron chi connectivity index (χ3n) is 3.06. The summed E-state index contributed by atoms with van der Waals surface area (Å²) in [6, 6.07) is 10.9. The molecule has 0 N–H and O–H groups in total. The van der Waals surface area contributed by atoms with Crippen LogP contribution in [0.15, 0.2) is 30.3 Å². The molecule has 76 valence electrons. The summed E-state index contributed by atoms with van der Waals surface area (Å²) in [7, 11) is 0. The highest BCUT2D eigenvalue weighted by Gasteiger charge is 2.29. The highest BCUT2D eigenvalue weighted by Crippen LogP contribution is 2.41. The van der Waals surface area contributed by atoms with E-state index in [1.54, 1.807) is 0 Å².